The molecule has 0 radical (unpaired) electrons. The van der Waals surface area contributed by atoms with Gasteiger partial charge in [0.1, 0.15) is 23.7 Å². The summed E-state index contributed by atoms with van der Waals surface area (Å²) in [7, 11) is 0. The molecule has 0 saturated heterocycles. The zero-order valence-corrected chi connectivity index (χ0v) is 12.1. The van der Waals surface area contributed by atoms with Crippen LogP contribution in [0.5, 0.6) is 5.75 Å². The molecule has 7 heteroatoms. The van der Waals surface area contributed by atoms with Crippen molar-refractivity contribution in [2.75, 3.05) is 12.3 Å². The first-order valence-electron chi connectivity index (χ1n) is 7.18. The van der Waals surface area contributed by atoms with Crippen molar-refractivity contribution in [1.82, 2.24) is 14.5 Å². The lowest BCUT2D eigenvalue weighted by Gasteiger charge is -2.13. The molecule has 0 bridgehead atoms. The minimum Gasteiger partial charge on any atom is -0.462 e. The number of nitrogens with two attached hydrogens (primary N) is 1. The number of hydrogen-bond donors (Lipinski definition) is 2. The first kappa shape index (κ1) is 13.3. The van der Waals surface area contributed by atoms with E-state index in [1.54, 1.807) is 0 Å². The Labute approximate surface area is 126 Å². The highest BCUT2D eigenvalue weighted by molar-refractivity contribution is 6.09. The van der Waals surface area contributed by atoms with Crippen molar-refractivity contribution >= 4 is 27.8 Å². The minimum atomic E-state index is -0.961. The van der Waals surface area contributed by atoms with E-state index in [0.717, 1.165) is 16.4 Å². The smallest absolute Gasteiger partial charge is 0.215 e. The molecule has 1 atom stereocenters. The predicted octanol–water partition coefficient (Wildman–Crippen LogP) is 1.41. The van der Waals surface area contributed by atoms with E-state index in [9.17, 15) is 5.11 Å². The molecule has 3 aromatic rings. The van der Waals surface area contributed by atoms with E-state index in [2.05, 4.69) is 9.97 Å². The van der Waals surface area contributed by atoms with Crippen LogP contribution in [-0.4, -0.2) is 32.5 Å². The molecule has 1 aromatic carbocycles. The van der Waals surface area contributed by atoms with Crippen molar-refractivity contribution in [3.8, 4) is 5.75 Å². The second-order valence-electron chi connectivity index (χ2n) is 5.19. The summed E-state index contributed by atoms with van der Waals surface area (Å²) in [6, 6.07) is 5.51. The van der Waals surface area contributed by atoms with Gasteiger partial charge >= 0.3 is 0 Å². The number of nitrogens with zero attached hydrogens (tertiary/aromatic N) is 3. The zero-order valence-electron chi connectivity index (χ0n) is 12.1. The molecule has 7 nitrogen and oxygen atoms in total. The molecular formula is C15H16N4O3. The van der Waals surface area contributed by atoms with E-state index >= 15 is 0 Å². The molecule has 1 aliphatic rings. The van der Waals surface area contributed by atoms with E-state index in [1.165, 1.54) is 0 Å². The van der Waals surface area contributed by atoms with Crippen molar-refractivity contribution in [2.45, 2.75) is 26.4 Å². The van der Waals surface area contributed by atoms with Crippen LogP contribution in [0.3, 0.4) is 0 Å². The molecule has 1 aliphatic heterocycles. The number of aliphatic hydroxyl groups excluding tert-OH is 1. The van der Waals surface area contributed by atoms with E-state index in [4.69, 9.17) is 15.2 Å². The summed E-state index contributed by atoms with van der Waals surface area (Å²) in [5, 5.41) is 11.0. The third kappa shape index (κ3) is 1.83. The highest BCUT2D eigenvalue weighted by Crippen LogP contribution is 2.37. The van der Waals surface area contributed by atoms with Gasteiger partial charge in [0.05, 0.1) is 23.0 Å². The number of nitrogen functional groups attached to an aromatic ring is 1. The molecule has 0 aliphatic carbocycles. The van der Waals surface area contributed by atoms with Crippen molar-refractivity contribution in [2.24, 2.45) is 0 Å². The topological polar surface area (TPSA) is 95.4 Å². The summed E-state index contributed by atoms with van der Waals surface area (Å²) in [4.78, 5) is 8.96. The number of rotatable bonds is 3. The van der Waals surface area contributed by atoms with Crippen LogP contribution in [0.25, 0.3) is 21.9 Å². The average Bonchev–Trinajstić information content (AvgIpc) is 2.76. The average molecular weight is 300 g/mol. The maximum Gasteiger partial charge on any atom is 0.215 e. The fourth-order valence-electron chi connectivity index (χ4n) is 2.90. The Morgan fingerprint density at radius 1 is 1.45 bits per heavy atom. The van der Waals surface area contributed by atoms with Crippen LogP contribution in [0.15, 0.2) is 18.2 Å². The van der Waals surface area contributed by atoms with Gasteiger partial charge in [0, 0.05) is 6.61 Å². The highest BCUT2D eigenvalue weighted by Gasteiger charge is 2.25. The van der Waals surface area contributed by atoms with Crippen LogP contribution in [0.1, 0.15) is 12.7 Å². The Kier molecular flexibility index (Phi) is 2.91. The van der Waals surface area contributed by atoms with Gasteiger partial charge in [-0.3, -0.25) is 0 Å². The fourth-order valence-corrected chi connectivity index (χ4v) is 2.90. The van der Waals surface area contributed by atoms with Crippen molar-refractivity contribution in [3.05, 3.63) is 24.0 Å². The molecule has 0 saturated carbocycles. The second-order valence-corrected chi connectivity index (χ2v) is 5.19. The Morgan fingerprint density at radius 3 is 3.14 bits per heavy atom. The van der Waals surface area contributed by atoms with Gasteiger partial charge in [0.2, 0.25) is 6.29 Å². The lowest BCUT2D eigenvalue weighted by molar-refractivity contribution is -0.0275. The monoisotopic (exact) mass is 300 g/mol. The van der Waals surface area contributed by atoms with Crippen molar-refractivity contribution in [3.63, 3.8) is 0 Å². The van der Waals surface area contributed by atoms with Crippen LogP contribution in [0.2, 0.25) is 0 Å². The summed E-state index contributed by atoms with van der Waals surface area (Å²) in [6.07, 6.45) is -0.961. The standard InChI is InChI=1S/C15H16N4O3/c1-2-21-7-10-18-13-14-12-8(17-15(13)16)4-3-5-9(12)22-11(20)6-19(10)14/h3-5,11,20H,2,6-7H2,1H3,(H2,16,17)/t11-/m1/s1. The van der Waals surface area contributed by atoms with Gasteiger partial charge in [-0.2, -0.15) is 0 Å². The van der Waals surface area contributed by atoms with E-state index in [0.29, 0.717) is 36.1 Å². The number of ether oxygens (including phenoxy) is 2. The molecule has 0 fully saturated rings. The largest absolute Gasteiger partial charge is 0.462 e. The number of imidazole rings is 1. The van der Waals surface area contributed by atoms with Gasteiger partial charge < -0.3 is 24.9 Å². The third-order valence-corrected chi connectivity index (χ3v) is 3.81. The van der Waals surface area contributed by atoms with E-state index in [-0.39, 0.29) is 6.54 Å². The van der Waals surface area contributed by atoms with Gasteiger partial charge in [-0.25, -0.2) is 9.97 Å². The SMILES string of the molecule is CCOCc1nc2c(N)nc3cccc4c3c2n1C[C@H](O)O4. The molecule has 114 valence electrons. The summed E-state index contributed by atoms with van der Waals surface area (Å²) in [5.74, 6) is 1.66. The molecule has 0 unspecified atom stereocenters. The number of aromatic nitrogens is 3. The molecule has 4 rings (SSSR count). The third-order valence-electron chi connectivity index (χ3n) is 3.81. The van der Waals surface area contributed by atoms with Crippen LogP contribution in [0.4, 0.5) is 5.82 Å². The Morgan fingerprint density at radius 2 is 2.32 bits per heavy atom. The lowest BCUT2D eigenvalue weighted by atomic mass is 10.1. The summed E-state index contributed by atoms with van der Waals surface area (Å²) >= 11 is 0. The van der Waals surface area contributed by atoms with Crippen LogP contribution in [-0.2, 0) is 17.9 Å². The Balaban J connectivity index is 2.11. The predicted molar refractivity (Wildman–Crippen MR) is 81.4 cm³/mol. The van der Waals surface area contributed by atoms with Crippen molar-refractivity contribution < 1.29 is 14.6 Å². The van der Waals surface area contributed by atoms with Gasteiger partial charge in [-0.05, 0) is 19.1 Å². The van der Waals surface area contributed by atoms with E-state index in [1.807, 2.05) is 29.7 Å². The normalized spacial score (nSPS) is 17.1. The van der Waals surface area contributed by atoms with Crippen LogP contribution in [0, 0.1) is 0 Å². The molecule has 22 heavy (non-hydrogen) atoms. The first-order chi connectivity index (χ1) is 10.7. The van der Waals surface area contributed by atoms with Gasteiger partial charge in [-0.1, -0.05) is 6.07 Å². The van der Waals surface area contributed by atoms with Crippen molar-refractivity contribution in [1.29, 1.82) is 0 Å². The number of anilines is 1. The summed E-state index contributed by atoms with van der Waals surface area (Å²) < 4.78 is 13.0. The van der Waals surface area contributed by atoms with Gasteiger partial charge in [-0.15, -0.1) is 0 Å². The zero-order chi connectivity index (χ0) is 15.3. The Hall–Kier alpha value is -2.38. The second kappa shape index (κ2) is 4.82. The molecule has 2 aromatic heterocycles. The van der Waals surface area contributed by atoms with Gasteiger partial charge in [0.15, 0.2) is 5.82 Å². The molecule has 0 amide bonds. The molecule has 3 heterocycles. The Bertz CT molecular complexity index is 874. The minimum absolute atomic E-state index is 0.270. The highest BCUT2D eigenvalue weighted by atomic mass is 16.6. The number of pyridine rings is 1. The number of aliphatic hydroxyl groups is 1. The fraction of sp³-hybridized carbons (Fsp3) is 0.333. The summed E-state index contributed by atoms with van der Waals surface area (Å²) in [6.45, 7) is 3.13. The maximum absolute atomic E-state index is 10.1. The molecule has 3 N–H and O–H groups in total. The molecule has 0 spiro atoms. The maximum atomic E-state index is 10.1. The van der Waals surface area contributed by atoms with Gasteiger partial charge in [0.25, 0.3) is 0 Å². The summed E-state index contributed by atoms with van der Waals surface area (Å²) in [5.41, 5.74) is 8.24. The van der Waals surface area contributed by atoms with E-state index < -0.39 is 6.29 Å². The first-order valence-corrected chi connectivity index (χ1v) is 7.18. The molecular weight excluding hydrogens is 284 g/mol. The number of benzene rings is 1. The number of hydrogen-bond acceptors (Lipinski definition) is 6. The van der Waals surface area contributed by atoms with Crippen LogP contribution < -0.4 is 10.5 Å². The quantitative estimate of drug-likeness (QED) is 0.759. The lowest BCUT2D eigenvalue weighted by Crippen LogP contribution is -2.22. The van der Waals surface area contributed by atoms with Crippen LogP contribution >= 0.6 is 0 Å².